The Morgan fingerprint density at radius 1 is 1.25 bits per heavy atom. The van der Waals surface area contributed by atoms with Crippen LogP contribution in [0.25, 0.3) is 0 Å². The second-order valence-electron chi connectivity index (χ2n) is 9.47. The van der Waals surface area contributed by atoms with Gasteiger partial charge in [0.1, 0.15) is 5.75 Å². The molecule has 0 spiro atoms. The lowest BCUT2D eigenvalue weighted by molar-refractivity contribution is -0.274. The van der Waals surface area contributed by atoms with E-state index in [9.17, 15) is 18.0 Å². The minimum Gasteiger partial charge on any atom is -0.406 e. The van der Waals surface area contributed by atoms with Crippen LogP contribution in [0.3, 0.4) is 0 Å². The van der Waals surface area contributed by atoms with E-state index in [4.69, 9.17) is 4.74 Å². The van der Waals surface area contributed by atoms with Crippen LogP contribution in [-0.2, 0) is 20.1 Å². The molecule has 1 aromatic carbocycles. The highest BCUT2D eigenvalue weighted by molar-refractivity contribution is 5.70. The number of aromatic amines is 1. The first-order valence-corrected chi connectivity index (χ1v) is 11.7. The van der Waals surface area contributed by atoms with Gasteiger partial charge in [-0.2, -0.15) is 0 Å². The van der Waals surface area contributed by atoms with Crippen molar-refractivity contribution in [3.05, 3.63) is 60.1 Å². The number of aryl methyl sites for hydroxylation is 2. The molecule has 192 valence electrons. The van der Waals surface area contributed by atoms with Crippen molar-refractivity contribution in [2.75, 3.05) is 19.6 Å². The van der Waals surface area contributed by atoms with E-state index in [2.05, 4.69) is 24.6 Å². The van der Waals surface area contributed by atoms with Crippen molar-refractivity contribution in [1.82, 2.24) is 29.3 Å². The third-order valence-corrected chi connectivity index (χ3v) is 6.83. The summed E-state index contributed by atoms with van der Waals surface area (Å²) in [4.78, 5) is 28.4. The molecule has 2 unspecified atom stereocenters. The number of halogens is 3. The molecule has 0 radical (unpaired) electrons. The lowest BCUT2D eigenvalue weighted by atomic mass is 10.2. The van der Waals surface area contributed by atoms with Crippen molar-refractivity contribution in [3.63, 3.8) is 0 Å². The maximum Gasteiger partial charge on any atom is 0.573 e. The van der Waals surface area contributed by atoms with E-state index in [1.54, 1.807) is 30.2 Å². The highest BCUT2D eigenvalue weighted by Gasteiger charge is 2.56. The predicted octanol–water partition coefficient (Wildman–Crippen LogP) is 3.73. The molecule has 1 saturated heterocycles. The molecule has 1 aliphatic carbocycles. The molecule has 3 heterocycles. The molecule has 2 fully saturated rings. The van der Waals surface area contributed by atoms with Crippen LogP contribution in [0.4, 0.5) is 18.0 Å². The summed E-state index contributed by atoms with van der Waals surface area (Å²) >= 11 is 0. The van der Waals surface area contributed by atoms with Gasteiger partial charge in [0, 0.05) is 39.8 Å². The van der Waals surface area contributed by atoms with E-state index in [0.29, 0.717) is 29.9 Å². The van der Waals surface area contributed by atoms with Gasteiger partial charge in [-0.25, -0.2) is 14.8 Å². The fraction of sp³-hybridized carbons (Fsp3) is 0.458. The van der Waals surface area contributed by atoms with Crippen LogP contribution >= 0.6 is 0 Å². The number of fused-ring (bicyclic) bond motifs is 1. The van der Waals surface area contributed by atoms with Gasteiger partial charge in [-0.3, -0.25) is 4.90 Å². The Morgan fingerprint density at radius 2 is 2.03 bits per heavy atom. The van der Waals surface area contributed by atoms with Crippen LogP contribution in [0.2, 0.25) is 0 Å². The highest BCUT2D eigenvalue weighted by Crippen LogP contribution is 2.52. The number of hydrogen-bond acceptors (Lipinski definition) is 6. The summed E-state index contributed by atoms with van der Waals surface area (Å²) in [5.41, 5.74) is 2.61. The second kappa shape index (κ2) is 9.49. The topological polar surface area (TPSA) is 88.5 Å². The number of benzene rings is 1. The SMILES string of the molecule is Cc1nc[nH]c1CN1CC2C(C1)C2CN(Cc1cccc(OC(F)(F)F)c1)C(=O)Oc1cn(C)cn1. The number of nitrogens with zero attached hydrogens (tertiary/aromatic N) is 5. The Balaban J connectivity index is 1.24. The summed E-state index contributed by atoms with van der Waals surface area (Å²) < 4.78 is 49.2. The highest BCUT2D eigenvalue weighted by atomic mass is 19.4. The molecule has 2 aromatic heterocycles. The fourth-order valence-electron chi connectivity index (χ4n) is 5.02. The van der Waals surface area contributed by atoms with E-state index < -0.39 is 12.5 Å². The second-order valence-corrected chi connectivity index (χ2v) is 9.47. The zero-order valence-corrected chi connectivity index (χ0v) is 19.9. The summed E-state index contributed by atoms with van der Waals surface area (Å²) in [5, 5.41) is 0. The van der Waals surface area contributed by atoms with E-state index in [0.717, 1.165) is 31.0 Å². The lowest BCUT2D eigenvalue weighted by Gasteiger charge is -2.25. The Hall–Kier alpha value is -3.54. The number of amides is 1. The quantitative estimate of drug-likeness (QED) is 0.503. The molecule has 12 heteroatoms. The van der Waals surface area contributed by atoms with Crippen LogP contribution in [0.1, 0.15) is 17.0 Å². The van der Waals surface area contributed by atoms with Crippen molar-refractivity contribution >= 4 is 6.09 Å². The number of rotatable bonds is 8. The first-order valence-electron chi connectivity index (χ1n) is 11.7. The first kappa shape index (κ1) is 24.2. The van der Waals surface area contributed by atoms with Crippen LogP contribution in [0.5, 0.6) is 11.6 Å². The van der Waals surface area contributed by atoms with Crippen LogP contribution in [-0.4, -0.2) is 61.4 Å². The van der Waals surface area contributed by atoms with Gasteiger partial charge in [-0.15, -0.1) is 13.2 Å². The summed E-state index contributed by atoms with van der Waals surface area (Å²) in [6.07, 6.45) is -0.584. The Bertz CT molecular complexity index is 1210. The van der Waals surface area contributed by atoms with Crippen molar-refractivity contribution < 1.29 is 27.4 Å². The van der Waals surface area contributed by atoms with Crippen molar-refractivity contribution in [3.8, 4) is 11.6 Å². The minimum atomic E-state index is -4.79. The molecule has 0 bridgehead atoms. The van der Waals surface area contributed by atoms with Gasteiger partial charge in [0.05, 0.1) is 30.2 Å². The molecule has 5 rings (SSSR count). The smallest absolute Gasteiger partial charge is 0.406 e. The number of ether oxygens (including phenoxy) is 2. The molecule has 36 heavy (non-hydrogen) atoms. The summed E-state index contributed by atoms with van der Waals surface area (Å²) in [5.74, 6) is 1.05. The van der Waals surface area contributed by atoms with Gasteiger partial charge in [0.15, 0.2) is 0 Å². The Labute approximate surface area is 205 Å². The molecular formula is C24H27F3N6O3. The van der Waals surface area contributed by atoms with Crippen LogP contribution in [0.15, 0.2) is 43.1 Å². The first-order chi connectivity index (χ1) is 17.1. The number of alkyl halides is 3. The zero-order chi connectivity index (χ0) is 25.4. The van der Waals surface area contributed by atoms with Gasteiger partial charge >= 0.3 is 12.5 Å². The number of piperidine rings is 1. The van der Waals surface area contributed by atoms with Crippen LogP contribution in [0, 0.1) is 24.7 Å². The average molecular weight is 505 g/mol. The maximum absolute atomic E-state index is 13.1. The number of H-pyrrole nitrogens is 1. The molecular weight excluding hydrogens is 477 g/mol. The molecule has 2 aliphatic rings. The van der Waals surface area contributed by atoms with Gasteiger partial charge < -0.3 is 23.9 Å². The van der Waals surface area contributed by atoms with Crippen LogP contribution < -0.4 is 9.47 Å². The fourth-order valence-corrected chi connectivity index (χ4v) is 5.02. The molecule has 1 amide bonds. The van der Waals surface area contributed by atoms with Crippen molar-refractivity contribution in [1.29, 1.82) is 0 Å². The van der Waals surface area contributed by atoms with E-state index >= 15 is 0 Å². The number of carbonyl (C=O) groups is 1. The number of nitrogens with one attached hydrogen (secondary N) is 1. The molecule has 1 aliphatic heterocycles. The largest absolute Gasteiger partial charge is 0.573 e. The summed E-state index contributed by atoms with van der Waals surface area (Å²) in [6, 6.07) is 5.65. The standard InChI is InChI=1S/C24H27F3N6O3/c1-15-21(29-13-28-15)11-32-8-18-19(9-32)20(18)10-33(23(34)35-22-12-31(2)14-30-22)7-16-4-3-5-17(6-16)36-24(25,26)27/h3-6,12-14,18-20H,7-11H2,1-2H3,(H,28,29). The van der Waals surface area contributed by atoms with E-state index in [1.165, 1.54) is 29.4 Å². The predicted molar refractivity (Wildman–Crippen MR) is 122 cm³/mol. The van der Waals surface area contributed by atoms with E-state index in [-0.39, 0.29) is 18.2 Å². The average Bonchev–Trinajstić information content (AvgIpc) is 3.20. The third-order valence-electron chi connectivity index (χ3n) is 6.83. The normalized spacial score (nSPS) is 21.3. The number of likely N-dealkylation sites (tertiary alicyclic amines) is 1. The molecule has 2 atom stereocenters. The number of carbonyl (C=O) groups excluding carboxylic acids is 1. The monoisotopic (exact) mass is 504 g/mol. The molecule has 1 N–H and O–H groups in total. The third kappa shape index (κ3) is 5.64. The number of hydrogen-bond donors (Lipinski definition) is 1. The van der Waals surface area contributed by atoms with Gasteiger partial charge in [0.2, 0.25) is 5.88 Å². The Kier molecular flexibility index (Phi) is 6.37. The van der Waals surface area contributed by atoms with Crippen molar-refractivity contribution in [2.45, 2.75) is 26.4 Å². The van der Waals surface area contributed by atoms with Gasteiger partial charge in [-0.05, 0) is 42.4 Å². The zero-order valence-electron chi connectivity index (χ0n) is 19.9. The summed E-state index contributed by atoms with van der Waals surface area (Å²) in [6.45, 7) is 5.17. The van der Waals surface area contributed by atoms with Gasteiger partial charge in [0.25, 0.3) is 0 Å². The lowest BCUT2D eigenvalue weighted by Crippen LogP contribution is -2.37. The molecule has 9 nitrogen and oxygen atoms in total. The number of imidazole rings is 2. The minimum absolute atomic E-state index is 0.0910. The van der Waals surface area contributed by atoms with Gasteiger partial charge in [-0.1, -0.05) is 12.1 Å². The molecule has 1 saturated carbocycles. The maximum atomic E-state index is 13.1. The molecule has 3 aromatic rings. The summed E-state index contributed by atoms with van der Waals surface area (Å²) in [7, 11) is 1.76. The van der Waals surface area contributed by atoms with Crippen molar-refractivity contribution in [2.24, 2.45) is 24.8 Å². The Morgan fingerprint density at radius 3 is 2.67 bits per heavy atom. The van der Waals surface area contributed by atoms with E-state index in [1.807, 2.05) is 6.92 Å². The number of aromatic nitrogens is 4.